The maximum atomic E-state index is 12.8. The van der Waals surface area contributed by atoms with Gasteiger partial charge in [-0.1, -0.05) is 6.07 Å². The van der Waals surface area contributed by atoms with Gasteiger partial charge >= 0.3 is 6.03 Å². The van der Waals surface area contributed by atoms with Crippen molar-refractivity contribution in [1.29, 1.82) is 0 Å². The summed E-state index contributed by atoms with van der Waals surface area (Å²) < 4.78 is 12.8. The molecule has 0 radical (unpaired) electrons. The fraction of sp³-hybridized carbons (Fsp3) is 0.300. The van der Waals surface area contributed by atoms with E-state index in [0.717, 1.165) is 0 Å². The second-order valence-electron chi connectivity index (χ2n) is 3.48. The fourth-order valence-electron chi connectivity index (χ4n) is 1.48. The molecule has 1 aliphatic heterocycles. The summed E-state index contributed by atoms with van der Waals surface area (Å²) in [6.07, 6.45) is 0.265. The van der Waals surface area contributed by atoms with E-state index in [-0.39, 0.29) is 18.9 Å². The molecule has 0 unspecified atom stereocenters. The number of carbonyl (C=O) groups excluding carboxylic acids is 2. The highest BCUT2D eigenvalue weighted by Crippen LogP contribution is 2.07. The predicted octanol–water partition coefficient (Wildman–Crippen LogP) is 0.663. The zero-order valence-electron chi connectivity index (χ0n) is 8.44. The van der Waals surface area contributed by atoms with Crippen LogP contribution in [0.3, 0.4) is 0 Å². The van der Waals surface area contributed by atoms with Crippen molar-refractivity contribution >= 4 is 11.9 Å². The molecule has 3 amide bonds. The number of nitrogens with zero attached hydrogens (tertiary/aromatic N) is 2. The first-order chi connectivity index (χ1) is 7.65. The lowest BCUT2D eigenvalue weighted by molar-refractivity contribution is -0.121. The van der Waals surface area contributed by atoms with Crippen molar-refractivity contribution in [3.63, 3.8) is 0 Å². The molecule has 0 bridgehead atoms. The second-order valence-corrected chi connectivity index (χ2v) is 3.48. The van der Waals surface area contributed by atoms with Gasteiger partial charge in [0.1, 0.15) is 0 Å². The summed E-state index contributed by atoms with van der Waals surface area (Å²) in [7, 11) is 0. The van der Waals surface area contributed by atoms with Crippen molar-refractivity contribution in [2.24, 2.45) is 0 Å². The van der Waals surface area contributed by atoms with Crippen molar-refractivity contribution in [2.45, 2.75) is 13.0 Å². The van der Waals surface area contributed by atoms with E-state index in [1.807, 2.05) is 0 Å². The van der Waals surface area contributed by atoms with E-state index in [1.165, 1.54) is 17.0 Å². The van der Waals surface area contributed by atoms with E-state index >= 15 is 0 Å². The van der Waals surface area contributed by atoms with Crippen molar-refractivity contribution < 1.29 is 14.0 Å². The lowest BCUT2D eigenvalue weighted by Crippen LogP contribution is -2.48. The molecule has 0 spiro atoms. The summed E-state index contributed by atoms with van der Waals surface area (Å²) in [6, 6.07) is 3.95. The highest BCUT2D eigenvalue weighted by Gasteiger charge is 2.23. The Morgan fingerprint density at radius 3 is 2.94 bits per heavy atom. The number of amides is 3. The zero-order valence-corrected chi connectivity index (χ0v) is 8.44. The molecular formula is C10H10FN3O2. The van der Waals surface area contributed by atoms with Crippen LogP contribution in [0.2, 0.25) is 0 Å². The number of hydrogen-bond donors (Lipinski definition) is 1. The molecule has 1 saturated heterocycles. The third kappa shape index (κ3) is 2.33. The average Bonchev–Trinajstić information content (AvgIpc) is 2.22. The number of carbonyl (C=O) groups is 2. The van der Waals surface area contributed by atoms with Gasteiger partial charge in [-0.15, -0.1) is 0 Å². The molecule has 1 aliphatic rings. The van der Waals surface area contributed by atoms with Gasteiger partial charge in [0, 0.05) is 13.0 Å². The Morgan fingerprint density at radius 1 is 1.44 bits per heavy atom. The fourth-order valence-corrected chi connectivity index (χ4v) is 1.48. The number of nitrogens with one attached hydrogen (secondary N) is 1. The standard InChI is InChI=1S/C10H10FN3O2/c11-8-3-1-2-7(12-8)6-14-5-4-9(15)13-10(14)16/h1-3H,4-6H2,(H,13,15,16). The molecule has 0 saturated carbocycles. The van der Waals surface area contributed by atoms with Crippen LogP contribution in [0.25, 0.3) is 0 Å². The molecule has 5 nitrogen and oxygen atoms in total. The molecule has 1 N–H and O–H groups in total. The molecule has 0 aromatic carbocycles. The molecule has 0 atom stereocenters. The van der Waals surface area contributed by atoms with Gasteiger partial charge in [-0.05, 0) is 12.1 Å². The average molecular weight is 223 g/mol. The quantitative estimate of drug-likeness (QED) is 0.749. The van der Waals surface area contributed by atoms with Crippen molar-refractivity contribution in [3.8, 4) is 0 Å². The normalized spacial score (nSPS) is 16.2. The summed E-state index contributed by atoms with van der Waals surface area (Å²) in [5.74, 6) is -0.862. The van der Waals surface area contributed by atoms with E-state index in [0.29, 0.717) is 12.2 Å². The van der Waals surface area contributed by atoms with Crippen molar-refractivity contribution in [3.05, 3.63) is 29.8 Å². The number of pyridine rings is 1. The number of halogens is 1. The molecule has 84 valence electrons. The SMILES string of the molecule is O=C1CCN(Cc2cccc(F)n2)C(=O)N1. The van der Waals surface area contributed by atoms with Gasteiger partial charge in [0.05, 0.1) is 12.2 Å². The molecule has 1 fully saturated rings. The van der Waals surface area contributed by atoms with Crippen LogP contribution in [0.1, 0.15) is 12.1 Å². The van der Waals surface area contributed by atoms with E-state index in [2.05, 4.69) is 10.3 Å². The minimum atomic E-state index is -0.578. The zero-order chi connectivity index (χ0) is 11.5. The van der Waals surface area contributed by atoms with E-state index < -0.39 is 12.0 Å². The van der Waals surface area contributed by atoms with Gasteiger partial charge < -0.3 is 4.90 Å². The van der Waals surface area contributed by atoms with Crippen molar-refractivity contribution in [2.75, 3.05) is 6.54 Å². The first kappa shape index (κ1) is 10.5. The molecule has 2 rings (SSSR count). The third-order valence-electron chi connectivity index (χ3n) is 2.27. The Balaban J connectivity index is 2.05. The van der Waals surface area contributed by atoms with Crippen LogP contribution in [-0.2, 0) is 11.3 Å². The van der Waals surface area contributed by atoms with Crippen LogP contribution in [0.15, 0.2) is 18.2 Å². The Morgan fingerprint density at radius 2 is 2.25 bits per heavy atom. The summed E-state index contributed by atoms with van der Waals surface area (Å²) >= 11 is 0. The molecule has 6 heteroatoms. The monoisotopic (exact) mass is 223 g/mol. The van der Waals surface area contributed by atoms with Crippen LogP contribution in [0.4, 0.5) is 9.18 Å². The molecule has 1 aromatic rings. The van der Waals surface area contributed by atoms with E-state index in [1.54, 1.807) is 6.07 Å². The maximum Gasteiger partial charge on any atom is 0.324 e. The second kappa shape index (κ2) is 4.26. The minimum absolute atomic E-state index is 0.205. The predicted molar refractivity (Wildman–Crippen MR) is 52.8 cm³/mol. The molecule has 2 heterocycles. The van der Waals surface area contributed by atoms with Gasteiger partial charge in [-0.3, -0.25) is 10.1 Å². The Bertz CT molecular complexity index is 436. The largest absolute Gasteiger partial charge is 0.324 e. The van der Waals surface area contributed by atoms with E-state index in [9.17, 15) is 14.0 Å². The summed E-state index contributed by atoms with van der Waals surface area (Å²) in [4.78, 5) is 27.3. The number of rotatable bonds is 2. The highest BCUT2D eigenvalue weighted by molar-refractivity contribution is 5.96. The number of imide groups is 1. The van der Waals surface area contributed by atoms with Crippen LogP contribution in [0.5, 0.6) is 0 Å². The van der Waals surface area contributed by atoms with Crippen LogP contribution < -0.4 is 5.32 Å². The van der Waals surface area contributed by atoms with Crippen LogP contribution in [-0.4, -0.2) is 28.4 Å². The Labute approximate surface area is 91.3 Å². The van der Waals surface area contributed by atoms with Gasteiger partial charge in [-0.25, -0.2) is 9.78 Å². The summed E-state index contributed by atoms with van der Waals surface area (Å²) in [6.45, 7) is 0.541. The Hall–Kier alpha value is -1.98. The summed E-state index contributed by atoms with van der Waals surface area (Å²) in [5.41, 5.74) is 0.462. The topological polar surface area (TPSA) is 62.3 Å². The molecular weight excluding hydrogens is 213 g/mol. The minimum Gasteiger partial charge on any atom is -0.318 e. The maximum absolute atomic E-state index is 12.8. The third-order valence-corrected chi connectivity index (χ3v) is 2.27. The van der Waals surface area contributed by atoms with Crippen molar-refractivity contribution in [1.82, 2.24) is 15.2 Å². The summed E-state index contributed by atoms with van der Waals surface area (Å²) in [5, 5.41) is 2.19. The highest BCUT2D eigenvalue weighted by atomic mass is 19.1. The Kier molecular flexibility index (Phi) is 2.80. The lowest BCUT2D eigenvalue weighted by Gasteiger charge is -2.25. The molecule has 16 heavy (non-hydrogen) atoms. The van der Waals surface area contributed by atoms with Gasteiger partial charge in [0.25, 0.3) is 0 Å². The first-order valence-electron chi connectivity index (χ1n) is 4.85. The van der Waals surface area contributed by atoms with Gasteiger partial charge in [-0.2, -0.15) is 4.39 Å². The first-order valence-corrected chi connectivity index (χ1v) is 4.85. The van der Waals surface area contributed by atoms with Gasteiger partial charge in [0.15, 0.2) is 0 Å². The number of urea groups is 1. The molecule has 1 aromatic heterocycles. The smallest absolute Gasteiger partial charge is 0.318 e. The van der Waals surface area contributed by atoms with E-state index in [4.69, 9.17) is 0 Å². The van der Waals surface area contributed by atoms with Crippen LogP contribution in [0, 0.1) is 5.95 Å². The lowest BCUT2D eigenvalue weighted by atomic mass is 10.2. The molecule has 0 aliphatic carbocycles. The number of aromatic nitrogens is 1. The van der Waals surface area contributed by atoms with Gasteiger partial charge in [0.2, 0.25) is 11.9 Å². The van der Waals surface area contributed by atoms with Crippen LogP contribution >= 0.6 is 0 Å². The number of hydrogen-bond acceptors (Lipinski definition) is 3.